The van der Waals surface area contributed by atoms with Crippen LogP contribution in [0.1, 0.15) is 22.8 Å². The van der Waals surface area contributed by atoms with Gasteiger partial charge in [-0.1, -0.05) is 42.5 Å². The van der Waals surface area contributed by atoms with Crippen LogP contribution in [0.4, 0.5) is 10.5 Å². The van der Waals surface area contributed by atoms with Crippen molar-refractivity contribution in [1.29, 1.82) is 0 Å². The third kappa shape index (κ3) is 4.67. The Kier molecular flexibility index (Phi) is 5.46. The Bertz CT molecular complexity index is 738. The molecular weight excluding hydrogens is 314 g/mol. The second kappa shape index (κ2) is 7.94. The van der Waals surface area contributed by atoms with Gasteiger partial charge in [-0.3, -0.25) is 9.69 Å². The van der Waals surface area contributed by atoms with E-state index in [9.17, 15) is 9.59 Å². The average Bonchev–Trinajstić information content (AvgIpc) is 2.63. The fourth-order valence-corrected chi connectivity index (χ4v) is 2.97. The summed E-state index contributed by atoms with van der Waals surface area (Å²) in [5.74, 6) is -0.00868. The van der Waals surface area contributed by atoms with Crippen LogP contribution < -0.4 is 5.32 Å². The Morgan fingerprint density at radius 3 is 2.36 bits per heavy atom. The molecule has 1 aliphatic heterocycles. The molecule has 0 saturated carbocycles. The molecule has 0 bridgehead atoms. The van der Waals surface area contributed by atoms with Crippen molar-refractivity contribution in [1.82, 2.24) is 9.80 Å². The molecule has 1 fully saturated rings. The zero-order chi connectivity index (χ0) is 17.6. The number of ketones is 1. The summed E-state index contributed by atoms with van der Waals surface area (Å²) in [4.78, 5) is 28.0. The monoisotopic (exact) mass is 337 g/mol. The number of nitrogens with zero attached hydrogens (tertiary/aromatic N) is 2. The summed E-state index contributed by atoms with van der Waals surface area (Å²) < 4.78 is 0. The van der Waals surface area contributed by atoms with E-state index in [-0.39, 0.29) is 11.8 Å². The number of amides is 2. The maximum Gasteiger partial charge on any atom is 0.321 e. The number of urea groups is 1. The zero-order valence-electron chi connectivity index (χ0n) is 14.4. The molecule has 1 aliphatic rings. The third-order valence-corrected chi connectivity index (χ3v) is 4.43. The van der Waals surface area contributed by atoms with E-state index < -0.39 is 0 Å². The first-order valence-corrected chi connectivity index (χ1v) is 8.55. The lowest BCUT2D eigenvalue weighted by molar-refractivity contribution is 0.101. The standard InChI is InChI=1S/C20H23N3O2/c1-16(24)18-8-5-9-19(14-18)21-20(25)23-12-10-22(11-13-23)15-17-6-3-2-4-7-17/h2-9,14H,10-13,15H2,1H3,(H,21,25). The van der Waals surface area contributed by atoms with Gasteiger partial charge in [-0.15, -0.1) is 0 Å². The predicted octanol–water partition coefficient (Wildman–Crippen LogP) is 3.24. The number of hydrogen-bond acceptors (Lipinski definition) is 3. The number of anilines is 1. The van der Waals surface area contributed by atoms with E-state index in [0.29, 0.717) is 24.3 Å². The van der Waals surface area contributed by atoms with Crippen molar-refractivity contribution in [2.45, 2.75) is 13.5 Å². The van der Waals surface area contributed by atoms with Gasteiger partial charge in [0, 0.05) is 44.0 Å². The number of rotatable bonds is 4. The molecule has 3 rings (SSSR count). The van der Waals surface area contributed by atoms with Gasteiger partial charge >= 0.3 is 6.03 Å². The second-order valence-corrected chi connectivity index (χ2v) is 6.32. The lowest BCUT2D eigenvalue weighted by Gasteiger charge is -2.34. The van der Waals surface area contributed by atoms with Crippen molar-refractivity contribution >= 4 is 17.5 Å². The topological polar surface area (TPSA) is 52.7 Å². The first-order valence-electron chi connectivity index (χ1n) is 8.55. The maximum atomic E-state index is 12.4. The zero-order valence-corrected chi connectivity index (χ0v) is 14.4. The SMILES string of the molecule is CC(=O)c1cccc(NC(=O)N2CCN(Cc3ccccc3)CC2)c1. The van der Waals surface area contributed by atoms with E-state index in [0.717, 1.165) is 19.6 Å². The van der Waals surface area contributed by atoms with Crippen LogP contribution in [-0.2, 0) is 6.54 Å². The van der Waals surface area contributed by atoms with Crippen molar-refractivity contribution in [3.05, 3.63) is 65.7 Å². The highest BCUT2D eigenvalue weighted by Gasteiger charge is 2.21. The number of hydrogen-bond donors (Lipinski definition) is 1. The highest BCUT2D eigenvalue weighted by Crippen LogP contribution is 2.13. The van der Waals surface area contributed by atoms with Gasteiger partial charge in [-0.25, -0.2) is 4.79 Å². The van der Waals surface area contributed by atoms with Crippen molar-refractivity contribution in [2.24, 2.45) is 0 Å². The Hall–Kier alpha value is -2.66. The second-order valence-electron chi connectivity index (χ2n) is 6.32. The minimum Gasteiger partial charge on any atom is -0.322 e. The first-order chi connectivity index (χ1) is 12.1. The molecule has 25 heavy (non-hydrogen) atoms. The largest absolute Gasteiger partial charge is 0.322 e. The van der Waals surface area contributed by atoms with Crippen LogP contribution in [0.25, 0.3) is 0 Å². The predicted molar refractivity (Wildman–Crippen MR) is 98.8 cm³/mol. The van der Waals surface area contributed by atoms with E-state index in [2.05, 4.69) is 22.3 Å². The van der Waals surface area contributed by atoms with E-state index in [1.807, 2.05) is 23.1 Å². The molecule has 2 amide bonds. The number of benzene rings is 2. The molecule has 2 aromatic carbocycles. The van der Waals surface area contributed by atoms with Crippen LogP contribution in [-0.4, -0.2) is 47.8 Å². The lowest BCUT2D eigenvalue weighted by Crippen LogP contribution is -2.49. The van der Waals surface area contributed by atoms with E-state index >= 15 is 0 Å². The number of carbonyl (C=O) groups is 2. The van der Waals surface area contributed by atoms with Crippen LogP contribution in [0.3, 0.4) is 0 Å². The smallest absolute Gasteiger partial charge is 0.321 e. The third-order valence-electron chi connectivity index (χ3n) is 4.43. The quantitative estimate of drug-likeness (QED) is 0.872. The molecule has 5 heteroatoms. The molecule has 1 saturated heterocycles. The van der Waals surface area contributed by atoms with Crippen LogP contribution in [0, 0.1) is 0 Å². The van der Waals surface area contributed by atoms with E-state index in [4.69, 9.17) is 0 Å². The number of piperazine rings is 1. The molecule has 130 valence electrons. The Morgan fingerprint density at radius 1 is 0.960 bits per heavy atom. The van der Waals surface area contributed by atoms with Gasteiger partial charge in [0.05, 0.1) is 0 Å². The summed E-state index contributed by atoms with van der Waals surface area (Å²) in [5.41, 5.74) is 2.55. The molecule has 5 nitrogen and oxygen atoms in total. The van der Waals surface area contributed by atoms with E-state index in [1.165, 1.54) is 12.5 Å². The van der Waals surface area contributed by atoms with Crippen LogP contribution in [0.15, 0.2) is 54.6 Å². The normalized spacial score (nSPS) is 15.0. The molecule has 2 aromatic rings. The van der Waals surface area contributed by atoms with Gasteiger partial charge in [0.1, 0.15) is 0 Å². The van der Waals surface area contributed by atoms with Gasteiger partial charge in [0.15, 0.2) is 5.78 Å². The van der Waals surface area contributed by atoms with Crippen LogP contribution in [0.2, 0.25) is 0 Å². The van der Waals surface area contributed by atoms with Crippen molar-refractivity contribution in [3.8, 4) is 0 Å². The van der Waals surface area contributed by atoms with Gasteiger partial charge < -0.3 is 10.2 Å². The Morgan fingerprint density at radius 2 is 1.68 bits per heavy atom. The molecule has 0 aliphatic carbocycles. The maximum absolute atomic E-state index is 12.4. The molecule has 1 heterocycles. The van der Waals surface area contributed by atoms with Crippen molar-refractivity contribution in [3.63, 3.8) is 0 Å². The summed E-state index contributed by atoms with van der Waals surface area (Å²) in [7, 11) is 0. The fourth-order valence-electron chi connectivity index (χ4n) is 2.97. The Labute approximate surface area is 148 Å². The Balaban J connectivity index is 1.51. The summed E-state index contributed by atoms with van der Waals surface area (Å²) in [6.07, 6.45) is 0. The van der Waals surface area contributed by atoms with Crippen LogP contribution in [0.5, 0.6) is 0 Å². The first kappa shape index (κ1) is 17.2. The molecule has 0 unspecified atom stereocenters. The highest BCUT2D eigenvalue weighted by atomic mass is 16.2. The molecule has 0 radical (unpaired) electrons. The van der Waals surface area contributed by atoms with Gasteiger partial charge in [-0.05, 0) is 24.6 Å². The fraction of sp³-hybridized carbons (Fsp3) is 0.300. The highest BCUT2D eigenvalue weighted by molar-refractivity contribution is 5.96. The molecule has 1 N–H and O–H groups in total. The van der Waals surface area contributed by atoms with Gasteiger partial charge in [0.2, 0.25) is 0 Å². The minimum absolute atomic E-state index is 0.00868. The number of Topliss-reactive ketones (excluding diaryl/α,β-unsaturated/α-hetero) is 1. The van der Waals surface area contributed by atoms with Gasteiger partial charge in [0.25, 0.3) is 0 Å². The molecule has 0 aromatic heterocycles. The lowest BCUT2D eigenvalue weighted by atomic mass is 10.1. The van der Waals surface area contributed by atoms with Crippen LogP contribution >= 0.6 is 0 Å². The molecular formula is C20H23N3O2. The number of carbonyl (C=O) groups excluding carboxylic acids is 2. The summed E-state index contributed by atoms with van der Waals surface area (Å²) in [5, 5.41) is 2.89. The minimum atomic E-state index is -0.111. The molecule has 0 spiro atoms. The summed E-state index contributed by atoms with van der Waals surface area (Å²) in [6, 6.07) is 17.3. The summed E-state index contributed by atoms with van der Waals surface area (Å²) in [6.45, 7) is 5.55. The van der Waals surface area contributed by atoms with E-state index in [1.54, 1.807) is 24.3 Å². The molecule has 0 atom stereocenters. The number of nitrogens with one attached hydrogen (secondary N) is 1. The average molecular weight is 337 g/mol. The van der Waals surface area contributed by atoms with Crippen molar-refractivity contribution in [2.75, 3.05) is 31.5 Å². The summed E-state index contributed by atoms with van der Waals surface area (Å²) >= 11 is 0. The van der Waals surface area contributed by atoms with Crippen molar-refractivity contribution < 1.29 is 9.59 Å². The van der Waals surface area contributed by atoms with Gasteiger partial charge in [-0.2, -0.15) is 0 Å².